The lowest BCUT2D eigenvalue weighted by Gasteiger charge is -2.15. The zero-order valence-electron chi connectivity index (χ0n) is 31.9. The summed E-state index contributed by atoms with van der Waals surface area (Å²) in [5, 5.41) is 0. The Morgan fingerprint density at radius 3 is 1.48 bits per heavy atom. The molecule has 3 nitrogen and oxygen atoms in total. The minimum Gasteiger partial charge on any atom is -0.457 e. The van der Waals surface area contributed by atoms with Crippen LogP contribution in [0.4, 0.5) is 0 Å². The Bertz CT molecular complexity index is 2260. The monoisotopic (exact) mass is 686 g/mol. The minimum absolute atomic E-state index is 0.0701. The highest BCUT2D eigenvalue weighted by Gasteiger charge is 2.14. The zero-order chi connectivity index (χ0) is 36.9. The second-order valence-corrected chi connectivity index (χ2v) is 14.4. The molecular weight excluding hydrogens is 637 g/mol. The average Bonchev–Trinajstić information content (AvgIpc) is 3.12. The van der Waals surface area contributed by atoms with E-state index in [4.69, 9.17) is 9.47 Å². The van der Waals surface area contributed by atoms with Crippen LogP contribution in [0.1, 0.15) is 82.7 Å². The maximum atomic E-state index is 13.3. The summed E-state index contributed by atoms with van der Waals surface area (Å²) in [5.41, 5.74) is 16.2. The third kappa shape index (κ3) is 8.54. The van der Waals surface area contributed by atoms with Crippen LogP contribution < -0.4 is 9.47 Å². The molecule has 0 saturated heterocycles. The second-order valence-electron chi connectivity index (χ2n) is 14.4. The number of hydrogen-bond acceptors (Lipinski definition) is 3. The first-order valence-electron chi connectivity index (χ1n) is 18.4. The van der Waals surface area contributed by atoms with Crippen LogP contribution in [0, 0.1) is 55.4 Å². The predicted molar refractivity (Wildman–Crippen MR) is 215 cm³/mol. The van der Waals surface area contributed by atoms with Crippen LogP contribution in [-0.2, 0) is 25.7 Å². The molecule has 0 aliphatic rings. The van der Waals surface area contributed by atoms with Gasteiger partial charge in [-0.05, 0) is 202 Å². The molecule has 0 bridgehead atoms. The molecule has 0 radical (unpaired) electrons. The highest BCUT2D eigenvalue weighted by Crippen LogP contribution is 2.31. The molecule has 3 heteroatoms. The first-order chi connectivity index (χ1) is 24.9. The fourth-order valence-corrected chi connectivity index (χ4v) is 6.78. The summed E-state index contributed by atoms with van der Waals surface area (Å²) in [6, 6.07) is 37.4. The Balaban J connectivity index is 1.07. The third-order valence-corrected chi connectivity index (χ3v) is 10.7. The molecular formula is C49H50O3. The van der Waals surface area contributed by atoms with E-state index in [0.29, 0.717) is 0 Å². The quantitative estimate of drug-likeness (QED) is 0.120. The molecule has 0 amide bonds. The molecule has 0 atom stereocenters. The number of ether oxygens (including phenoxy) is 2. The summed E-state index contributed by atoms with van der Waals surface area (Å²) in [5.74, 6) is 3.53. The standard InChI is InChI=1S/C49H50O3/c1-31-12-15-43(26-34(31)4)49(50)44-16-13-33(3)42(30-44)20-19-41-10-9-11-48(38(41)8)52-47-25-22-40(37(7)29-47)18-17-39-21-24-46(28-36(39)6)51-45-23-14-32(2)35(5)27-45/h9-16,21-30H,17-20H2,1-8H3. The molecule has 6 aromatic rings. The summed E-state index contributed by atoms with van der Waals surface area (Å²) in [6.45, 7) is 16.9. The van der Waals surface area contributed by atoms with Gasteiger partial charge in [0, 0.05) is 11.1 Å². The highest BCUT2D eigenvalue weighted by atomic mass is 16.5. The van der Waals surface area contributed by atoms with Gasteiger partial charge in [-0.3, -0.25) is 4.79 Å². The molecule has 0 fully saturated rings. The number of rotatable bonds is 12. The number of hydrogen-bond donors (Lipinski definition) is 0. The van der Waals surface area contributed by atoms with Crippen molar-refractivity contribution in [3.8, 4) is 23.0 Å². The lowest BCUT2D eigenvalue weighted by molar-refractivity contribution is 0.103. The molecule has 0 saturated carbocycles. The molecule has 52 heavy (non-hydrogen) atoms. The number of aryl methyl sites for hydroxylation is 11. The summed E-state index contributed by atoms with van der Waals surface area (Å²) < 4.78 is 12.6. The second kappa shape index (κ2) is 15.9. The molecule has 6 rings (SSSR count). The number of benzene rings is 6. The van der Waals surface area contributed by atoms with Gasteiger partial charge in [-0.25, -0.2) is 0 Å². The largest absolute Gasteiger partial charge is 0.457 e. The van der Waals surface area contributed by atoms with Crippen LogP contribution in [0.15, 0.2) is 109 Å². The van der Waals surface area contributed by atoms with Crippen LogP contribution in [-0.4, -0.2) is 5.78 Å². The van der Waals surface area contributed by atoms with E-state index < -0.39 is 0 Å². The summed E-state index contributed by atoms with van der Waals surface area (Å²) in [4.78, 5) is 13.3. The zero-order valence-corrected chi connectivity index (χ0v) is 31.9. The molecule has 0 aromatic heterocycles. The van der Waals surface area contributed by atoms with Crippen molar-refractivity contribution in [2.75, 3.05) is 0 Å². The van der Waals surface area contributed by atoms with Crippen molar-refractivity contribution in [2.24, 2.45) is 0 Å². The van der Waals surface area contributed by atoms with Gasteiger partial charge >= 0.3 is 0 Å². The van der Waals surface area contributed by atoms with Crippen LogP contribution in [0.2, 0.25) is 0 Å². The topological polar surface area (TPSA) is 35.5 Å². The number of ketones is 1. The van der Waals surface area contributed by atoms with Gasteiger partial charge in [0.05, 0.1) is 0 Å². The van der Waals surface area contributed by atoms with Crippen molar-refractivity contribution in [2.45, 2.75) is 81.1 Å². The van der Waals surface area contributed by atoms with E-state index in [1.54, 1.807) is 0 Å². The Kier molecular flexibility index (Phi) is 11.1. The Hall–Kier alpha value is -5.41. The number of carbonyl (C=O) groups is 1. The van der Waals surface area contributed by atoms with E-state index >= 15 is 0 Å². The van der Waals surface area contributed by atoms with Crippen molar-refractivity contribution in [3.05, 3.63) is 187 Å². The Morgan fingerprint density at radius 1 is 0.404 bits per heavy atom. The summed E-state index contributed by atoms with van der Waals surface area (Å²) in [7, 11) is 0. The molecule has 0 aliphatic carbocycles. The van der Waals surface area contributed by atoms with E-state index in [1.165, 1.54) is 55.6 Å². The molecule has 6 aromatic carbocycles. The van der Waals surface area contributed by atoms with Gasteiger partial charge in [0.25, 0.3) is 0 Å². The van der Waals surface area contributed by atoms with Gasteiger partial charge in [-0.15, -0.1) is 0 Å². The summed E-state index contributed by atoms with van der Waals surface area (Å²) >= 11 is 0. The van der Waals surface area contributed by atoms with Crippen molar-refractivity contribution >= 4 is 5.78 Å². The van der Waals surface area contributed by atoms with E-state index in [-0.39, 0.29) is 5.78 Å². The highest BCUT2D eigenvalue weighted by molar-refractivity contribution is 6.09. The van der Waals surface area contributed by atoms with E-state index in [0.717, 1.165) is 70.9 Å². The maximum absolute atomic E-state index is 13.3. The normalized spacial score (nSPS) is 11.1. The van der Waals surface area contributed by atoms with E-state index in [1.807, 2.05) is 36.4 Å². The average molecular weight is 687 g/mol. The van der Waals surface area contributed by atoms with Crippen molar-refractivity contribution in [1.82, 2.24) is 0 Å². The minimum atomic E-state index is 0.0701. The van der Waals surface area contributed by atoms with Gasteiger partial charge in [0.1, 0.15) is 23.0 Å². The molecule has 0 heterocycles. The van der Waals surface area contributed by atoms with Gasteiger partial charge in [-0.2, -0.15) is 0 Å². The lowest BCUT2D eigenvalue weighted by Crippen LogP contribution is -2.05. The molecule has 264 valence electrons. The smallest absolute Gasteiger partial charge is 0.193 e. The maximum Gasteiger partial charge on any atom is 0.193 e. The first kappa shape index (κ1) is 36.4. The third-order valence-electron chi connectivity index (χ3n) is 10.7. The molecule has 0 N–H and O–H groups in total. The molecule has 0 spiro atoms. The van der Waals surface area contributed by atoms with Crippen molar-refractivity contribution < 1.29 is 14.3 Å². The fraction of sp³-hybridized carbons (Fsp3) is 0.245. The van der Waals surface area contributed by atoms with Gasteiger partial charge in [-0.1, -0.05) is 54.6 Å². The Labute approximate surface area is 310 Å². The summed E-state index contributed by atoms with van der Waals surface area (Å²) in [6.07, 6.45) is 3.62. The van der Waals surface area contributed by atoms with Gasteiger partial charge in [0.2, 0.25) is 0 Å². The SMILES string of the molecule is Cc1ccc(Oc2ccc(CCc3ccc(Oc4cccc(CCc5cc(C(=O)c6ccc(C)c(C)c6)ccc5C)c4C)cc3C)c(C)c2)cc1C. The predicted octanol–water partition coefficient (Wildman–Crippen LogP) is 12.5. The Morgan fingerprint density at radius 2 is 0.885 bits per heavy atom. The van der Waals surface area contributed by atoms with Crippen LogP contribution in [0.5, 0.6) is 23.0 Å². The van der Waals surface area contributed by atoms with Crippen molar-refractivity contribution in [1.29, 1.82) is 0 Å². The molecule has 0 unspecified atom stereocenters. The van der Waals surface area contributed by atoms with Gasteiger partial charge in [0.15, 0.2) is 5.78 Å². The van der Waals surface area contributed by atoms with Crippen LogP contribution in [0.25, 0.3) is 0 Å². The van der Waals surface area contributed by atoms with E-state index in [2.05, 4.69) is 128 Å². The molecule has 0 aliphatic heterocycles. The van der Waals surface area contributed by atoms with Crippen LogP contribution in [0.3, 0.4) is 0 Å². The first-order valence-corrected chi connectivity index (χ1v) is 18.4. The fourth-order valence-electron chi connectivity index (χ4n) is 6.78. The van der Waals surface area contributed by atoms with Crippen LogP contribution >= 0.6 is 0 Å². The lowest BCUT2D eigenvalue weighted by atomic mass is 9.93. The van der Waals surface area contributed by atoms with Crippen molar-refractivity contribution in [3.63, 3.8) is 0 Å². The number of carbonyl (C=O) groups excluding carboxylic acids is 1. The van der Waals surface area contributed by atoms with Gasteiger partial charge < -0.3 is 9.47 Å². The van der Waals surface area contributed by atoms with E-state index in [9.17, 15) is 4.79 Å².